The molecule has 0 aliphatic carbocycles. The van der Waals surface area contributed by atoms with Crippen LogP contribution < -0.4 is 10.3 Å². The van der Waals surface area contributed by atoms with Gasteiger partial charge in [0, 0.05) is 19.2 Å². The Kier molecular flexibility index (Phi) is 5.05. The van der Waals surface area contributed by atoms with Gasteiger partial charge in [-0.15, -0.1) is 13.2 Å². The van der Waals surface area contributed by atoms with E-state index < -0.39 is 17.7 Å². The first-order chi connectivity index (χ1) is 10.9. The van der Waals surface area contributed by atoms with Crippen molar-refractivity contribution in [2.45, 2.75) is 19.8 Å². The third-order valence-corrected chi connectivity index (χ3v) is 3.12. The topological polar surface area (TPSA) is 57.5 Å². The van der Waals surface area contributed by atoms with Gasteiger partial charge in [0.2, 0.25) is 0 Å². The van der Waals surface area contributed by atoms with Gasteiger partial charge in [-0.25, -0.2) is 0 Å². The molecule has 0 saturated carbocycles. The van der Waals surface area contributed by atoms with Crippen molar-refractivity contribution < 1.29 is 27.4 Å². The van der Waals surface area contributed by atoms with Crippen molar-refractivity contribution in [2.24, 2.45) is 0 Å². The van der Waals surface area contributed by atoms with Gasteiger partial charge < -0.3 is 14.0 Å². The number of aldehydes is 1. The van der Waals surface area contributed by atoms with Crippen LogP contribution in [0, 0.1) is 0 Å². The number of alkyl halides is 3. The summed E-state index contributed by atoms with van der Waals surface area (Å²) in [6.45, 7) is 2.51. The van der Waals surface area contributed by atoms with Crippen molar-refractivity contribution in [3.8, 4) is 5.75 Å². The minimum atomic E-state index is -4.83. The maximum atomic E-state index is 12.3. The number of carbonyl (C=O) groups is 1. The molecule has 0 aliphatic heterocycles. The van der Waals surface area contributed by atoms with Gasteiger partial charge in [0.25, 0.3) is 5.56 Å². The first kappa shape index (κ1) is 17.0. The Labute approximate surface area is 129 Å². The third kappa shape index (κ3) is 4.10. The fourth-order valence-corrected chi connectivity index (χ4v) is 2.18. The summed E-state index contributed by atoms with van der Waals surface area (Å²) in [6.07, 6.45) is -4.41. The predicted molar refractivity (Wildman–Crippen MR) is 76.8 cm³/mol. The van der Waals surface area contributed by atoms with Crippen molar-refractivity contribution in [3.63, 3.8) is 0 Å². The highest BCUT2D eigenvalue weighted by molar-refractivity contribution is 5.87. The highest BCUT2D eigenvalue weighted by atomic mass is 19.4. The largest absolute Gasteiger partial charge is 0.573 e. The molecule has 23 heavy (non-hydrogen) atoms. The SMILES string of the molecule is CCOCCn1c(=O)c(C=O)cc2ccc(OC(F)(F)F)cc21. The number of fused-ring (bicyclic) bond motifs is 1. The summed E-state index contributed by atoms with van der Waals surface area (Å²) in [6, 6.07) is 4.94. The zero-order chi connectivity index (χ0) is 17.0. The van der Waals surface area contributed by atoms with Crippen LogP contribution in [0.25, 0.3) is 10.9 Å². The quantitative estimate of drug-likeness (QED) is 0.604. The molecule has 0 atom stereocenters. The predicted octanol–water partition coefficient (Wildman–Crippen LogP) is 2.75. The molecule has 2 rings (SSSR count). The second-order valence-electron chi connectivity index (χ2n) is 4.64. The summed E-state index contributed by atoms with van der Waals surface area (Å²) in [5, 5.41) is 0.456. The Hall–Kier alpha value is -2.35. The van der Waals surface area contributed by atoms with Crippen LogP contribution in [0.2, 0.25) is 0 Å². The number of benzene rings is 1. The van der Waals surface area contributed by atoms with Gasteiger partial charge >= 0.3 is 6.36 Å². The van der Waals surface area contributed by atoms with E-state index in [0.717, 1.165) is 12.1 Å². The van der Waals surface area contributed by atoms with Crippen LogP contribution in [0.5, 0.6) is 5.75 Å². The number of nitrogens with zero attached hydrogens (tertiary/aromatic N) is 1. The number of halogens is 3. The Morgan fingerprint density at radius 2 is 2.00 bits per heavy atom. The fourth-order valence-electron chi connectivity index (χ4n) is 2.18. The number of aromatic nitrogens is 1. The average Bonchev–Trinajstić information content (AvgIpc) is 2.48. The lowest BCUT2D eigenvalue weighted by atomic mass is 10.1. The average molecular weight is 329 g/mol. The van der Waals surface area contributed by atoms with E-state index in [4.69, 9.17) is 4.74 Å². The summed E-state index contributed by atoms with van der Waals surface area (Å²) >= 11 is 0. The highest BCUT2D eigenvalue weighted by Gasteiger charge is 2.31. The molecule has 0 radical (unpaired) electrons. The van der Waals surface area contributed by atoms with E-state index in [1.165, 1.54) is 16.7 Å². The molecule has 1 aromatic heterocycles. The zero-order valence-electron chi connectivity index (χ0n) is 12.2. The molecule has 0 bridgehead atoms. The molecule has 0 N–H and O–H groups in total. The number of pyridine rings is 1. The molecule has 0 aliphatic rings. The van der Waals surface area contributed by atoms with E-state index in [-0.39, 0.29) is 24.2 Å². The zero-order valence-corrected chi connectivity index (χ0v) is 12.2. The second-order valence-corrected chi connectivity index (χ2v) is 4.64. The van der Waals surface area contributed by atoms with E-state index in [1.54, 1.807) is 6.92 Å². The van der Waals surface area contributed by atoms with Gasteiger partial charge in [0.15, 0.2) is 6.29 Å². The fraction of sp³-hybridized carbons (Fsp3) is 0.333. The lowest BCUT2D eigenvalue weighted by molar-refractivity contribution is -0.274. The third-order valence-electron chi connectivity index (χ3n) is 3.12. The Morgan fingerprint density at radius 3 is 2.61 bits per heavy atom. The molecule has 1 aromatic carbocycles. The minimum Gasteiger partial charge on any atom is -0.406 e. The van der Waals surface area contributed by atoms with E-state index in [1.807, 2.05) is 0 Å². The van der Waals surface area contributed by atoms with Crippen LogP contribution >= 0.6 is 0 Å². The number of hydrogen-bond donors (Lipinski definition) is 0. The molecular weight excluding hydrogens is 315 g/mol. The van der Waals surface area contributed by atoms with Crippen molar-refractivity contribution >= 4 is 17.2 Å². The molecule has 0 unspecified atom stereocenters. The van der Waals surface area contributed by atoms with Crippen molar-refractivity contribution in [1.82, 2.24) is 4.57 Å². The van der Waals surface area contributed by atoms with Gasteiger partial charge in [0.1, 0.15) is 5.75 Å². The summed E-state index contributed by atoms with van der Waals surface area (Å²) in [4.78, 5) is 23.2. The Bertz CT molecular complexity index is 768. The first-order valence-corrected chi connectivity index (χ1v) is 6.82. The highest BCUT2D eigenvalue weighted by Crippen LogP contribution is 2.26. The molecule has 2 aromatic rings. The minimum absolute atomic E-state index is 0.0708. The summed E-state index contributed by atoms with van der Waals surface area (Å²) < 4.78 is 47.2. The van der Waals surface area contributed by atoms with Gasteiger partial charge in [-0.1, -0.05) is 0 Å². The van der Waals surface area contributed by atoms with Crippen LogP contribution in [-0.4, -0.2) is 30.4 Å². The molecule has 0 spiro atoms. The molecule has 0 saturated heterocycles. The summed E-state index contributed by atoms with van der Waals surface area (Å²) in [5.74, 6) is -0.437. The van der Waals surface area contributed by atoms with E-state index >= 15 is 0 Å². The van der Waals surface area contributed by atoms with Crippen LogP contribution in [0.15, 0.2) is 29.1 Å². The van der Waals surface area contributed by atoms with E-state index in [9.17, 15) is 22.8 Å². The van der Waals surface area contributed by atoms with Gasteiger partial charge in [-0.2, -0.15) is 0 Å². The Balaban J connectivity index is 2.56. The van der Waals surface area contributed by atoms with Gasteiger partial charge in [-0.05, 0) is 30.5 Å². The molecule has 124 valence electrons. The number of rotatable bonds is 6. The normalized spacial score (nSPS) is 11.7. The van der Waals surface area contributed by atoms with E-state index in [0.29, 0.717) is 18.3 Å². The van der Waals surface area contributed by atoms with Gasteiger partial charge in [0.05, 0.1) is 17.7 Å². The van der Waals surface area contributed by atoms with Crippen molar-refractivity contribution in [1.29, 1.82) is 0 Å². The van der Waals surface area contributed by atoms with Crippen LogP contribution in [0.3, 0.4) is 0 Å². The number of carbonyl (C=O) groups excluding carboxylic acids is 1. The summed E-state index contributed by atoms with van der Waals surface area (Å²) in [5.41, 5.74) is -0.420. The molecule has 8 heteroatoms. The molecule has 1 heterocycles. The van der Waals surface area contributed by atoms with E-state index in [2.05, 4.69) is 4.74 Å². The lowest BCUT2D eigenvalue weighted by Gasteiger charge is -2.14. The second kappa shape index (κ2) is 6.82. The van der Waals surface area contributed by atoms with Crippen LogP contribution in [0.4, 0.5) is 13.2 Å². The van der Waals surface area contributed by atoms with Gasteiger partial charge in [-0.3, -0.25) is 9.59 Å². The molecule has 5 nitrogen and oxygen atoms in total. The lowest BCUT2D eigenvalue weighted by Crippen LogP contribution is -2.26. The Morgan fingerprint density at radius 1 is 1.26 bits per heavy atom. The maximum Gasteiger partial charge on any atom is 0.573 e. The molecule has 0 fully saturated rings. The number of hydrogen-bond acceptors (Lipinski definition) is 4. The molecule has 0 amide bonds. The van der Waals surface area contributed by atoms with Crippen LogP contribution in [-0.2, 0) is 11.3 Å². The maximum absolute atomic E-state index is 12.3. The van der Waals surface area contributed by atoms with Crippen molar-refractivity contribution in [3.05, 3.63) is 40.2 Å². The van der Waals surface area contributed by atoms with Crippen molar-refractivity contribution in [2.75, 3.05) is 13.2 Å². The standard InChI is InChI=1S/C15H14F3NO4/c1-2-22-6-5-19-13-8-12(23-15(16,17)18)4-3-10(13)7-11(9-20)14(19)21/h3-4,7-9H,2,5-6H2,1H3. The first-order valence-electron chi connectivity index (χ1n) is 6.82. The smallest absolute Gasteiger partial charge is 0.406 e. The monoisotopic (exact) mass is 329 g/mol. The summed E-state index contributed by atoms with van der Waals surface area (Å²) in [7, 11) is 0. The van der Waals surface area contributed by atoms with Crippen LogP contribution in [0.1, 0.15) is 17.3 Å². The number of ether oxygens (including phenoxy) is 2. The molecular formula is C15H14F3NO4.